The Hall–Kier alpha value is -2.64. The van der Waals surface area contributed by atoms with E-state index >= 15 is 0 Å². The van der Waals surface area contributed by atoms with E-state index in [1.807, 2.05) is 48.7 Å². The van der Waals surface area contributed by atoms with E-state index in [0.717, 1.165) is 39.8 Å². The average molecular weight is 438 g/mol. The van der Waals surface area contributed by atoms with E-state index in [-0.39, 0.29) is 11.8 Å². The molecule has 2 aromatic carbocycles. The maximum atomic E-state index is 12.4. The molecule has 5 nitrogen and oxygen atoms in total. The summed E-state index contributed by atoms with van der Waals surface area (Å²) in [5.74, 6) is 0.687. The lowest BCUT2D eigenvalue weighted by atomic mass is 10.1. The van der Waals surface area contributed by atoms with Crippen molar-refractivity contribution >= 4 is 34.9 Å². The summed E-state index contributed by atoms with van der Waals surface area (Å²) in [6.45, 7) is 2.42. The van der Waals surface area contributed by atoms with E-state index in [1.54, 1.807) is 35.2 Å². The van der Waals surface area contributed by atoms with Crippen molar-refractivity contribution in [2.24, 2.45) is 0 Å². The van der Waals surface area contributed by atoms with Crippen LogP contribution >= 0.6 is 23.1 Å². The molecule has 0 radical (unpaired) electrons. The fourth-order valence-electron chi connectivity index (χ4n) is 2.85. The van der Waals surface area contributed by atoms with Crippen molar-refractivity contribution in [1.82, 2.24) is 15.6 Å². The molecule has 30 heavy (non-hydrogen) atoms. The van der Waals surface area contributed by atoms with Crippen LogP contribution in [0, 0.1) is 6.92 Å². The molecule has 0 saturated heterocycles. The summed E-state index contributed by atoms with van der Waals surface area (Å²) in [5.41, 5.74) is 4.45. The van der Waals surface area contributed by atoms with Crippen molar-refractivity contribution < 1.29 is 9.59 Å². The molecule has 0 spiro atoms. The highest BCUT2D eigenvalue weighted by Crippen LogP contribution is 2.26. The third kappa shape index (κ3) is 5.70. The van der Waals surface area contributed by atoms with Crippen LogP contribution in [-0.4, -0.2) is 22.8 Å². The Morgan fingerprint density at radius 2 is 1.63 bits per heavy atom. The molecule has 1 heterocycles. The first-order valence-corrected chi connectivity index (χ1v) is 11.8. The molecule has 0 aliphatic heterocycles. The summed E-state index contributed by atoms with van der Waals surface area (Å²) in [6.07, 6.45) is 2.14. The number of benzene rings is 2. The molecule has 1 aliphatic carbocycles. The highest BCUT2D eigenvalue weighted by Gasteiger charge is 2.23. The van der Waals surface area contributed by atoms with Gasteiger partial charge in [-0.1, -0.05) is 36.0 Å². The SMILES string of the molecule is Cc1csc(SCc2ccc(C(=O)NCc3ccc(C(=O)NC4CC4)cc3)cc2)n1. The molecule has 0 unspecified atom stereocenters. The summed E-state index contributed by atoms with van der Waals surface area (Å²) in [7, 11) is 0. The van der Waals surface area contributed by atoms with Crippen molar-refractivity contribution in [2.75, 3.05) is 0 Å². The molecule has 0 atom stereocenters. The Morgan fingerprint density at radius 3 is 2.23 bits per heavy atom. The summed E-state index contributed by atoms with van der Waals surface area (Å²) in [6, 6.07) is 15.4. The van der Waals surface area contributed by atoms with Gasteiger partial charge < -0.3 is 10.6 Å². The maximum absolute atomic E-state index is 12.4. The normalized spacial score (nSPS) is 13.1. The Bertz CT molecular complexity index is 1030. The number of hydrogen-bond donors (Lipinski definition) is 2. The molecule has 4 rings (SSSR count). The van der Waals surface area contributed by atoms with Gasteiger partial charge in [0.05, 0.1) is 0 Å². The van der Waals surface area contributed by atoms with Gasteiger partial charge in [0, 0.05) is 40.5 Å². The first-order valence-electron chi connectivity index (χ1n) is 9.89. The smallest absolute Gasteiger partial charge is 0.251 e. The number of aromatic nitrogens is 1. The van der Waals surface area contributed by atoms with Gasteiger partial charge in [0.15, 0.2) is 0 Å². The van der Waals surface area contributed by atoms with Crippen LogP contribution in [0.25, 0.3) is 0 Å². The Kier molecular flexibility index (Phi) is 6.50. The molecule has 1 fully saturated rings. The third-order valence-electron chi connectivity index (χ3n) is 4.76. The molecule has 154 valence electrons. The predicted octanol–water partition coefficient (Wildman–Crippen LogP) is 4.57. The van der Waals surface area contributed by atoms with Crippen LogP contribution in [0.15, 0.2) is 58.3 Å². The Labute approximate surface area is 184 Å². The minimum Gasteiger partial charge on any atom is -0.349 e. The van der Waals surface area contributed by atoms with Crippen LogP contribution in [0.1, 0.15) is 50.4 Å². The van der Waals surface area contributed by atoms with Crippen LogP contribution < -0.4 is 10.6 Å². The van der Waals surface area contributed by atoms with Gasteiger partial charge in [0.2, 0.25) is 0 Å². The van der Waals surface area contributed by atoms with E-state index in [2.05, 4.69) is 15.6 Å². The van der Waals surface area contributed by atoms with Crippen LogP contribution in [0.2, 0.25) is 0 Å². The van der Waals surface area contributed by atoms with Crippen molar-refractivity contribution in [3.8, 4) is 0 Å². The summed E-state index contributed by atoms with van der Waals surface area (Å²) in [5, 5.41) is 7.95. The minimum absolute atomic E-state index is 0.0312. The van der Waals surface area contributed by atoms with Crippen LogP contribution in [0.4, 0.5) is 0 Å². The van der Waals surface area contributed by atoms with Crippen LogP contribution in [-0.2, 0) is 12.3 Å². The first kappa shape index (κ1) is 20.6. The number of carbonyl (C=O) groups is 2. The Balaban J connectivity index is 1.25. The number of carbonyl (C=O) groups excluding carboxylic acids is 2. The molecule has 2 N–H and O–H groups in total. The number of thiazole rings is 1. The maximum Gasteiger partial charge on any atom is 0.251 e. The molecule has 1 aromatic heterocycles. The lowest BCUT2D eigenvalue weighted by molar-refractivity contribution is 0.0941. The molecular formula is C23H23N3O2S2. The number of amides is 2. The van der Waals surface area contributed by atoms with E-state index in [4.69, 9.17) is 0 Å². The third-order valence-corrected chi connectivity index (χ3v) is 6.97. The van der Waals surface area contributed by atoms with Crippen molar-refractivity contribution in [2.45, 2.75) is 42.4 Å². The topological polar surface area (TPSA) is 71.1 Å². The lowest BCUT2D eigenvalue weighted by Gasteiger charge is -2.08. The first-order chi connectivity index (χ1) is 14.6. The zero-order valence-electron chi connectivity index (χ0n) is 16.7. The number of nitrogens with zero attached hydrogens (tertiary/aromatic N) is 1. The van der Waals surface area contributed by atoms with E-state index in [9.17, 15) is 9.59 Å². The summed E-state index contributed by atoms with van der Waals surface area (Å²) >= 11 is 3.36. The van der Waals surface area contributed by atoms with Gasteiger partial charge in [0.25, 0.3) is 11.8 Å². The number of thioether (sulfide) groups is 1. The number of rotatable bonds is 8. The minimum atomic E-state index is -0.111. The van der Waals surface area contributed by atoms with Crippen LogP contribution in [0.5, 0.6) is 0 Å². The zero-order valence-corrected chi connectivity index (χ0v) is 18.3. The van der Waals surface area contributed by atoms with Gasteiger partial charge in [-0.05, 0) is 55.2 Å². The molecule has 1 saturated carbocycles. The quantitative estimate of drug-likeness (QED) is 0.507. The molecule has 0 bridgehead atoms. The number of aryl methyl sites for hydroxylation is 1. The van der Waals surface area contributed by atoms with Crippen molar-refractivity contribution in [3.05, 3.63) is 81.9 Å². The average Bonchev–Trinajstić information content (AvgIpc) is 3.49. The highest BCUT2D eigenvalue weighted by atomic mass is 32.2. The van der Waals surface area contributed by atoms with Crippen molar-refractivity contribution in [1.29, 1.82) is 0 Å². The fraction of sp³-hybridized carbons (Fsp3) is 0.261. The predicted molar refractivity (Wildman–Crippen MR) is 121 cm³/mol. The van der Waals surface area contributed by atoms with Gasteiger partial charge >= 0.3 is 0 Å². The summed E-state index contributed by atoms with van der Waals surface area (Å²) < 4.78 is 1.06. The van der Waals surface area contributed by atoms with E-state index < -0.39 is 0 Å². The number of hydrogen-bond acceptors (Lipinski definition) is 5. The second kappa shape index (κ2) is 9.45. The fourth-order valence-corrected chi connectivity index (χ4v) is 4.66. The van der Waals surface area contributed by atoms with Gasteiger partial charge in [-0.15, -0.1) is 11.3 Å². The van der Waals surface area contributed by atoms with E-state index in [1.165, 1.54) is 0 Å². The standard InChI is InChI=1S/C23H23N3O2S2/c1-15-13-29-23(25-15)30-14-17-4-8-18(9-5-17)21(27)24-12-16-2-6-19(7-3-16)22(28)26-20-10-11-20/h2-9,13,20H,10-12,14H2,1H3,(H,24,27)(H,26,28). The molecule has 1 aliphatic rings. The van der Waals surface area contributed by atoms with E-state index in [0.29, 0.717) is 23.7 Å². The van der Waals surface area contributed by atoms with Gasteiger partial charge in [-0.25, -0.2) is 4.98 Å². The highest BCUT2D eigenvalue weighted by molar-refractivity contribution is 8.00. The Morgan fingerprint density at radius 1 is 1.00 bits per heavy atom. The van der Waals surface area contributed by atoms with Gasteiger partial charge in [-0.2, -0.15) is 0 Å². The second-order valence-electron chi connectivity index (χ2n) is 7.37. The van der Waals surface area contributed by atoms with Crippen molar-refractivity contribution in [3.63, 3.8) is 0 Å². The number of nitrogens with one attached hydrogen (secondary N) is 2. The zero-order chi connectivity index (χ0) is 20.9. The monoisotopic (exact) mass is 437 g/mol. The molecule has 2 amide bonds. The van der Waals surface area contributed by atoms with Gasteiger partial charge in [-0.3, -0.25) is 9.59 Å². The molecule has 7 heteroatoms. The summed E-state index contributed by atoms with van der Waals surface area (Å²) in [4.78, 5) is 28.9. The molecule has 3 aromatic rings. The van der Waals surface area contributed by atoms with Crippen LogP contribution in [0.3, 0.4) is 0 Å². The van der Waals surface area contributed by atoms with Gasteiger partial charge in [0.1, 0.15) is 4.34 Å². The largest absolute Gasteiger partial charge is 0.349 e. The molecular weight excluding hydrogens is 414 g/mol. The lowest BCUT2D eigenvalue weighted by Crippen LogP contribution is -2.25. The second-order valence-corrected chi connectivity index (χ2v) is 9.45.